The van der Waals surface area contributed by atoms with E-state index in [2.05, 4.69) is 43.3 Å². The van der Waals surface area contributed by atoms with Gasteiger partial charge in [-0.1, -0.05) is 38.5 Å². The van der Waals surface area contributed by atoms with E-state index in [-0.39, 0.29) is 11.2 Å². The van der Waals surface area contributed by atoms with E-state index in [4.69, 9.17) is 0 Å². The van der Waals surface area contributed by atoms with Gasteiger partial charge in [-0.2, -0.15) is 0 Å². The van der Waals surface area contributed by atoms with E-state index in [1.165, 1.54) is 22.3 Å². The van der Waals surface area contributed by atoms with Crippen LogP contribution >= 0.6 is 11.3 Å². The molecule has 0 radical (unpaired) electrons. The van der Waals surface area contributed by atoms with E-state index in [9.17, 15) is 4.79 Å². The number of benzene rings is 1. The highest BCUT2D eigenvalue weighted by Crippen LogP contribution is 2.30. The molecule has 1 aromatic carbocycles. The van der Waals surface area contributed by atoms with E-state index in [0.29, 0.717) is 6.42 Å². The predicted molar refractivity (Wildman–Crippen MR) is 89.9 cm³/mol. The highest BCUT2D eigenvalue weighted by Gasteiger charge is 2.22. The zero-order valence-electron chi connectivity index (χ0n) is 13.7. The van der Waals surface area contributed by atoms with Crippen LogP contribution in [0.5, 0.6) is 0 Å². The highest BCUT2D eigenvalue weighted by atomic mass is 32.1. The maximum absolute atomic E-state index is 12.1. The Bertz CT molecular complexity index is 654. The molecule has 0 saturated heterocycles. The largest absolute Gasteiger partial charge is 0.299 e. The van der Waals surface area contributed by atoms with Gasteiger partial charge in [-0.05, 0) is 31.9 Å². The molecule has 2 rings (SSSR count). The standard InChI is InChI=1S/C18H23NOS/c1-11-7-12(2)17(13(3)8-11)14-10-21-16(19-14)9-15(20)18(4,5)6/h7-8,10H,9H2,1-6H3. The van der Waals surface area contributed by atoms with Crippen molar-refractivity contribution in [2.24, 2.45) is 5.41 Å². The number of thiazole rings is 1. The summed E-state index contributed by atoms with van der Waals surface area (Å²) < 4.78 is 0. The fourth-order valence-corrected chi connectivity index (χ4v) is 3.28. The van der Waals surface area contributed by atoms with Gasteiger partial charge in [-0.15, -0.1) is 11.3 Å². The van der Waals surface area contributed by atoms with Gasteiger partial charge in [0.1, 0.15) is 10.8 Å². The van der Waals surface area contributed by atoms with Crippen LogP contribution in [0, 0.1) is 26.2 Å². The summed E-state index contributed by atoms with van der Waals surface area (Å²) in [6, 6.07) is 4.36. The first kappa shape index (κ1) is 15.9. The summed E-state index contributed by atoms with van der Waals surface area (Å²) in [5.74, 6) is 0.237. The van der Waals surface area contributed by atoms with Gasteiger partial charge in [0.2, 0.25) is 0 Å². The zero-order chi connectivity index (χ0) is 15.8. The normalized spacial score (nSPS) is 11.7. The lowest BCUT2D eigenvalue weighted by atomic mass is 9.89. The lowest BCUT2D eigenvalue weighted by Crippen LogP contribution is -2.21. The SMILES string of the molecule is Cc1cc(C)c(-c2csc(CC(=O)C(C)(C)C)n2)c(C)c1. The summed E-state index contributed by atoms with van der Waals surface area (Å²) in [4.78, 5) is 16.8. The molecule has 2 aromatic rings. The number of hydrogen-bond donors (Lipinski definition) is 0. The first-order valence-corrected chi connectivity index (χ1v) is 8.12. The monoisotopic (exact) mass is 301 g/mol. The summed E-state index contributed by atoms with van der Waals surface area (Å²) in [6.07, 6.45) is 0.429. The number of Topliss-reactive ketones (excluding diaryl/α,β-unsaturated/α-hetero) is 1. The molecule has 2 nitrogen and oxygen atoms in total. The third kappa shape index (κ3) is 3.59. The van der Waals surface area contributed by atoms with Gasteiger partial charge < -0.3 is 0 Å². The number of ketones is 1. The molecular formula is C18H23NOS. The molecule has 0 bridgehead atoms. The number of aromatic nitrogens is 1. The molecular weight excluding hydrogens is 278 g/mol. The highest BCUT2D eigenvalue weighted by molar-refractivity contribution is 7.10. The summed E-state index contributed by atoms with van der Waals surface area (Å²) in [5.41, 5.74) is 5.64. The third-order valence-electron chi connectivity index (χ3n) is 3.63. The molecule has 1 aromatic heterocycles. The maximum Gasteiger partial charge on any atom is 0.144 e. The van der Waals surface area contributed by atoms with Gasteiger partial charge >= 0.3 is 0 Å². The van der Waals surface area contributed by atoms with E-state index < -0.39 is 0 Å². The Morgan fingerprint density at radius 2 is 1.71 bits per heavy atom. The molecule has 21 heavy (non-hydrogen) atoms. The second kappa shape index (κ2) is 5.72. The van der Waals surface area contributed by atoms with E-state index >= 15 is 0 Å². The Morgan fingerprint density at radius 1 is 1.14 bits per heavy atom. The number of carbonyl (C=O) groups excluding carboxylic acids is 1. The molecule has 0 aliphatic carbocycles. The van der Waals surface area contributed by atoms with Crippen LogP contribution in [0.15, 0.2) is 17.5 Å². The molecule has 0 aliphatic heterocycles. The van der Waals surface area contributed by atoms with Gasteiger partial charge in [0.15, 0.2) is 0 Å². The Kier molecular flexibility index (Phi) is 4.33. The predicted octanol–water partition coefficient (Wildman–Crippen LogP) is 4.89. The second-order valence-corrected chi connectivity index (χ2v) is 7.69. The van der Waals surface area contributed by atoms with Crippen molar-refractivity contribution < 1.29 is 4.79 Å². The molecule has 0 N–H and O–H groups in total. The number of aryl methyl sites for hydroxylation is 3. The van der Waals surface area contributed by atoms with Crippen LogP contribution in [-0.4, -0.2) is 10.8 Å². The van der Waals surface area contributed by atoms with Crippen molar-refractivity contribution in [3.63, 3.8) is 0 Å². The van der Waals surface area contributed by atoms with Crippen LogP contribution in [0.2, 0.25) is 0 Å². The lowest BCUT2D eigenvalue weighted by molar-refractivity contribution is -0.125. The number of carbonyl (C=O) groups is 1. The smallest absolute Gasteiger partial charge is 0.144 e. The first-order valence-electron chi connectivity index (χ1n) is 7.24. The van der Waals surface area contributed by atoms with Gasteiger partial charge in [-0.25, -0.2) is 4.98 Å². The average Bonchev–Trinajstić information content (AvgIpc) is 2.74. The average molecular weight is 301 g/mol. The first-order chi connectivity index (χ1) is 9.68. The molecule has 0 aliphatic rings. The van der Waals surface area contributed by atoms with Crippen molar-refractivity contribution in [3.8, 4) is 11.3 Å². The minimum Gasteiger partial charge on any atom is -0.299 e. The molecule has 0 fully saturated rings. The topological polar surface area (TPSA) is 30.0 Å². The van der Waals surface area contributed by atoms with Crippen LogP contribution in [0.25, 0.3) is 11.3 Å². The van der Waals surface area contributed by atoms with Crippen molar-refractivity contribution in [2.75, 3.05) is 0 Å². The molecule has 3 heteroatoms. The maximum atomic E-state index is 12.1. The quantitative estimate of drug-likeness (QED) is 0.807. The van der Waals surface area contributed by atoms with E-state index in [0.717, 1.165) is 10.7 Å². The molecule has 0 unspecified atom stereocenters. The molecule has 0 spiro atoms. The van der Waals surface area contributed by atoms with Gasteiger partial charge in [0.25, 0.3) is 0 Å². The van der Waals surface area contributed by atoms with Gasteiger partial charge in [-0.3, -0.25) is 4.79 Å². The van der Waals surface area contributed by atoms with Gasteiger partial charge in [0.05, 0.1) is 12.1 Å². The van der Waals surface area contributed by atoms with E-state index in [1.54, 1.807) is 11.3 Å². The van der Waals surface area contributed by atoms with Crippen LogP contribution in [0.4, 0.5) is 0 Å². The van der Waals surface area contributed by atoms with Crippen LogP contribution < -0.4 is 0 Å². The fraction of sp³-hybridized carbons (Fsp3) is 0.444. The van der Waals surface area contributed by atoms with Crippen LogP contribution in [-0.2, 0) is 11.2 Å². The Morgan fingerprint density at radius 3 is 2.24 bits per heavy atom. The minimum atomic E-state index is -0.304. The molecule has 0 saturated carbocycles. The second-order valence-electron chi connectivity index (χ2n) is 6.75. The van der Waals surface area contributed by atoms with Crippen molar-refractivity contribution in [3.05, 3.63) is 39.2 Å². The lowest BCUT2D eigenvalue weighted by Gasteiger charge is -2.15. The molecule has 1 heterocycles. The molecule has 0 atom stereocenters. The summed E-state index contributed by atoms with van der Waals surface area (Å²) >= 11 is 1.58. The summed E-state index contributed by atoms with van der Waals surface area (Å²) in [5, 5.41) is 2.97. The van der Waals surface area contributed by atoms with Gasteiger partial charge in [0, 0.05) is 16.4 Å². The number of nitrogens with zero attached hydrogens (tertiary/aromatic N) is 1. The fourth-order valence-electron chi connectivity index (χ4n) is 2.49. The van der Waals surface area contributed by atoms with E-state index in [1.807, 2.05) is 20.8 Å². The molecule has 0 amide bonds. The zero-order valence-corrected chi connectivity index (χ0v) is 14.5. The summed E-state index contributed by atoms with van der Waals surface area (Å²) in [6.45, 7) is 12.2. The molecule has 112 valence electrons. The van der Waals surface area contributed by atoms with Crippen LogP contribution in [0.3, 0.4) is 0 Å². The number of hydrogen-bond acceptors (Lipinski definition) is 3. The van der Waals surface area contributed by atoms with Crippen molar-refractivity contribution in [1.29, 1.82) is 0 Å². The van der Waals surface area contributed by atoms with Crippen molar-refractivity contribution in [2.45, 2.75) is 48.0 Å². The third-order valence-corrected chi connectivity index (χ3v) is 4.48. The van der Waals surface area contributed by atoms with Crippen molar-refractivity contribution in [1.82, 2.24) is 4.98 Å². The van der Waals surface area contributed by atoms with Crippen molar-refractivity contribution >= 4 is 17.1 Å². The Hall–Kier alpha value is -1.48. The summed E-state index contributed by atoms with van der Waals surface area (Å²) in [7, 11) is 0. The Balaban J connectivity index is 2.31. The minimum absolute atomic E-state index is 0.237. The number of rotatable bonds is 3. The van der Waals surface area contributed by atoms with Crippen LogP contribution in [0.1, 0.15) is 42.5 Å². The Labute approximate surface area is 131 Å².